The zero-order valence-electron chi connectivity index (χ0n) is 12.4. The summed E-state index contributed by atoms with van der Waals surface area (Å²) in [6, 6.07) is 0.763. The summed E-state index contributed by atoms with van der Waals surface area (Å²) >= 11 is 1.80. The first-order valence-electron chi connectivity index (χ1n) is 7.26. The molecule has 4 nitrogen and oxygen atoms in total. The van der Waals surface area contributed by atoms with Gasteiger partial charge in [-0.1, -0.05) is 6.92 Å². The topological polar surface area (TPSA) is 31.4 Å². The van der Waals surface area contributed by atoms with Crippen LogP contribution in [0.3, 0.4) is 0 Å². The molecule has 0 aliphatic carbocycles. The summed E-state index contributed by atoms with van der Waals surface area (Å²) in [6.07, 6.45) is 5.74. The second-order valence-electron chi connectivity index (χ2n) is 5.53. The number of piperidine rings is 1. The highest BCUT2D eigenvalue weighted by molar-refractivity contribution is 7.15. The highest BCUT2D eigenvalue weighted by atomic mass is 32.1. The summed E-state index contributed by atoms with van der Waals surface area (Å²) < 4.78 is 0. The Hall–Kier alpha value is -0.650. The van der Waals surface area contributed by atoms with Crippen molar-refractivity contribution < 1.29 is 0 Å². The SMILES string of the molecule is CCCNc1ncc(CN2CCC(N(C)C)CC2)s1. The Morgan fingerprint density at radius 3 is 2.79 bits per heavy atom. The van der Waals surface area contributed by atoms with E-state index in [0.717, 1.165) is 30.7 Å². The van der Waals surface area contributed by atoms with E-state index in [1.165, 1.54) is 30.8 Å². The quantitative estimate of drug-likeness (QED) is 0.868. The Morgan fingerprint density at radius 2 is 2.16 bits per heavy atom. The van der Waals surface area contributed by atoms with Gasteiger partial charge in [-0.2, -0.15) is 0 Å². The van der Waals surface area contributed by atoms with Crippen molar-refractivity contribution in [1.82, 2.24) is 14.8 Å². The lowest BCUT2D eigenvalue weighted by atomic mass is 10.0. The Kier molecular flexibility index (Phi) is 5.60. The molecule has 1 aliphatic rings. The molecule has 1 N–H and O–H groups in total. The van der Waals surface area contributed by atoms with Gasteiger partial charge in [0.15, 0.2) is 5.13 Å². The number of likely N-dealkylation sites (tertiary alicyclic amines) is 1. The van der Waals surface area contributed by atoms with Gasteiger partial charge in [0, 0.05) is 43.3 Å². The molecule has 0 bridgehead atoms. The largest absolute Gasteiger partial charge is 0.362 e. The van der Waals surface area contributed by atoms with Crippen LogP contribution in [-0.2, 0) is 6.54 Å². The molecule has 0 radical (unpaired) electrons. The molecule has 1 aromatic rings. The molecule has 0 saturated carbocycles. The molecule has 0 atom stereocenters. The van der Waals surface area contributed by atoms with Crippen molar-refractivity contribution in [2.45, 2.75) is 38.8 Å². The average molecular weight is 282 g/mol. The van der Waals surface area contributed by atoms with Gasteiger partial charge in [-0.25, -0.2) is 4.98 Å². The fraction of sp³-hybridized carbons (Fsp3) is 0.786. The van der Waals surface area contributed by atoms with Gasteiger partial charge in [0.1, 0.15) is 0 Å². The van der Waals surface area contributed by atoms with E-state index in [2.05, 4.69) is 41.1 Å². The van der Waals surface area contributed by atoms with Gasteiger partial charge < -0.3 is 10.2 Å². The van der Waals surface area contributed by atoms with E-state index >= 15 is 0 Å². The highest BCUT2D eigenvalue weighted by Crippen LogP contribution is 2.22. The monoisotopic (exact) mass is 282 g/mol. The lowest BCUT2D eigenvalue weighted by Crippen LogP contribution is -2.41. The predicted octanol–water partition coefficient (Wildman–Crippen LogP) is 2.49. The second-order valence-corrected chi connectivity index (χ2v) is 6.64. The maximum absolute atomic E-state index is 4.43. The lowest BCUT2D eigenvalue weighted by molar-refractivity contribution is 0.141. The van der Waals surface area contributed by atoms with E-state index < -0.39 is 0 Å². The number of nitrogens with zero attached hydrogens (tertiary/aromatic N) is 3. The van der Waals surface area contributed by atoms with Crippen LogP contribution in [0.2, 0.25) is 0 Å². The summed E-state index contributed by atoms with van der Waals surface area (Å²) in [6.45, 7) is 6.67. The van der Waals surface area contributed by atoms with Gasteiger partial charge >= 0.3 is 0 Å². The van der Waals surface area contributed by atoms with Crippen molar-refractivity contribution in [2.75, 3.05) is 39.0 Å². The first-order chi connectivity index (χ1) is 9.19. The summed E-state index contributed by atoms with van der Waals surface area (Å²) in [5.74, 6) is 0. The molecule has 0 amide bonds. The summed E-state index contributed by atoms with van der Waals surface area (Å²) in [7, 11) is 4.38. The molecular weight excluding hydrogens is 256 g/mol. The number of rotatable bonds is 6. The van der Waals surface area contributed by atoms with E-state index in [1.807, 2.05) is 6.20 Å². The minimum atomic E-state index is 0.763. The number of aromatic nitrogens is 1. The van der Waals surface area contributed by atoms with Crippen molar-refractivity contribution in [3.05, 3.63) is 11.1 Å². The molecule has 1 saturated heterocycles. The summed E-state index contributed by atoms with van der Waals surface area (Å²) in [5, 5.41) is 4.43. The summed E-state index contributed by atoms with van der Waals surface area (Å²) in [4.78, 5) is 10.7. The maximum Gasteiger partial charge on any atom is 0.182 e. The number of nitrogens with one attached hydrogen (secondary N) is 1. The first-order valence-corrected chi connectivity index (χ1v) is 8.08. The van der Waals surface area contributed by atoms with Crippen LogP contribution in [0, 0.1) is 0 Å². The van der Waals surface area contributed by atoms with Crippen molar-refractivity contribution in [1.29, 1.82) is 0 Å². The minimum Gasteiger partial charge on any atom is -0.362 e. The van der Waals surface area contributed by atoms with E-state index in [0.29, 0.717) is 0 Å². The van der Waals surface area contributed by atoms with E-state index in [9.17, 15) is 0 Å². The number of hydrogen-bond donors (Lipinski definition) is 1. The van der Waals surface area contributed by atoms with Crippen LogP contribution in [0.5, 0.6) is 0 Å². The van der Waals surface area contributed by atoms with Crippen LogP contribution < -0.4 is 5.32 Å². The van der Waals surface area contributed by atoms with E-state index in [4.69, 9.17) is 0 Å². The molecule has 1 fully saturated rings. The standard InChI is InChI=1S/C14H26N4S/c1-4-7-15-14-16-10-13(19-14)11-18-8-5-12(6-9-18)17(2)3/h10,12H,4-9,11H2,1-3H3,(H,15,16). The van der Waals surface area contributed by atoms with E-state index in [1.54, 1.807) is 11.3 Å². The van der Waals surface area contributed by atoms with Crippen LogP contribution >= 0.6 is 11.3 Å². The number of anilines is 1. The fourth-order valence-corrected chi connectivity index (χ4v) is 3.39. The van der Waals surface area contributed by atoms with Crippen LogP contribution in [0.25, 0.3) is 0 Å². The Balaban J connectivity index is 1.77. The third-order valence-corrected chi connectivity index (χ3v) is 4.69. The smallest absolute Gasteiger partial charge is 0.182 e. The molecule has 108 valence electrons. The van der Waals surface area contributed by atoms with Crippen LogP contribution in [-0.4, -0.2) is 54.6 Å². The van der Waals surface area contributed by atoms with Crippen molar-refractivity contribution in [3.63, 3.8) is 0 Å². The Labute approximate surface area is 120 Å². The average Bonchev–Trinajstić information content (AvgIpc) is 2.84. The molecule has 2 heterocycles. The molecule has 2 rings (SSSR count). The summed E-state index contributed by atoms with van der Waals surface area (Å²) in [5.41, 5.74) is 0. The zero-order valence-corrected chi connectivity index (χ0v) is 13.2. The molecule has 1 aliphatic heterocycles. The number of thiazole rings is 1. The van der Waals surface area contributed by atoms with Crippen molar-refractivity contribution in [2.24, 2.45) is 0 Å². The van der Waals surface area contributed by atoms with Gasteiger partial charge in [0.05, 0.1) is 0 Å². The fourth-order valence-electron chi connectivity index (χ4n) is 2.51. The molecular formula is C14H26N4S. The first kappa shape index (κ1) is 14.8. The second kappa shape index (κ2) is 7.22. The molecule has 1 aromatic heterocycles. The molecule has 5 heteroatoms. The normalized spacial score (nSPS) is 18.1. The lowest BCUT2D eigenvalue weighted by Gasteiger charge is -2.34. The molecule has 0 aromatic carbocycles. The van der Waals surface area contributed by atoms with Crippen LogP contribution in [0.15, 0.2) is 6.20 Å². The Bertz CT molecular complexity index is 369. The zero-order chi connectivity index (χ0) is 13.7. The predicted molar refractivity (Wildman–Crippen MR) is 82.9 cm³/mol. The van der Waals surface area contributed by atoms with Gasteiger partial charge in [0.25, 0.3) is 0 Å². The van der Waals surface area contributed by atoms with Gasteiger partial charge in [0.2, 0.25) is 0 Å². The minimum absolute atomic E-state index is 0.763. The third kappa shape index (κ3) is 4.44. The van der Waals surface area contributed by atoms with Crippen molar-refractivity contribution in [3.8, 4) is 0 Å². The van der Waals surface area contributed by atoms with Crippen molar-refractivity contribution >= 4 is 16.5 Å². The molecule has 0 spiro atoms. The van der Waals surface area contributed by atoms with Crippen LogP contribution in [0.4, 0.5) is 5.13 Å². The van der Waals surface area contributed by atoms with Gasteiger partial charge in [-0.3, -0.25) is 4.90 Å². The maximum atomic E-state index is 4.43. The molecule has 19 heavy (non-hydrogen) atoms. The van der Waals surface area contributed by atoms with E-state index in [-0.39, 0.29) is 0 Å². The molecule has 0 unspecified atom stereocenters. The third-order valence-electron chi connectivity index (χ3n) is 3.75. The van der Waals surface area contributed by atoms with Gasteiger partial charge in [-0.15, -0.1) is 11.3 Å². The van der Waals surface area contributed by atoms with Gasteiger partial charge in [-0.05, 0) is 33.4 Å². The Morgan fingerprint density at radius 1 is 1.42 bits per heavy atom. The highest BCUT2D eigenvalue weighted by Gasteiger charge is 2.20. The number of hydrogen-bond acceptors (Lipinski definition) is 5. The van der Waals surface area contributed by atoms with Crippen LogP contribution in [0.1, 0.15) is 31.1 Å².